The maximum absolute atomic E-state index is 6.80. The molecule has 2 N–H and O–H groups in total. The summed E-state index contributed by atoms with van der Waals surface area (Å²) < 4.78 is 0. The van der Waals surface area contributed by atoms with Crippen LogP contribution in [0.25, 0.3) is 0 Å². The average Bonchev–Trinajstić information content (AvgIpc) is 2.52. The third kappa shape index (κ3) is 17.1. The molecule has 0 aromatic rings. The van der Waals surface area contributed by atoms with Gasteiger partial charge < -0.3 is 5.73 Å². The fourth-order valence-electron chi connectivity index (χ4n) is 3.44. The Kier molecular flexibility index (Phi) is 21.0. The highest BCUT2D eigenvalue weighted by Gasteiger charge is 2.23. The first-order valence-corrected chi connectivity index (χ1v) is 10.5. The van der Waals surface area contributed by atoms with E-state index in [0.29, 0.717) is 0 Å². The topological polar surface area (TPSA) is 26.0 Å². The monoisotopic (exact) mass is 391 g/mol. The van der Waals surface area contributed by atoms with Crippen LogP contribution in [0.2, 0.25) is 0 Å². The quantitative estimate of drug-likeness (QED) is 0.250. The molecule has 0 amide bonds. The van der Waals surface area contributed by atoms with E-state index in [4.69, 9.17) is 5.73 Å². The van der Waals surface area contributed by atoms with Crippen molar-refractivity contribution in [3.8, 4) is 0 Å². The zero-order valence-electron chi connectivity index (χ0n) is 16.5. The fraction of sp³-hybridized carbons (Fsp3) is 1.00. The van der Waals surface area contributed by atoms with E-state index in [-0.39, 0.29) is 22.5 Å². The number of unbranched alkanes of at least 4 members (excludes halogenated alkanes) is 11. The fourth-order valence-corrected chi connectivity index (χ4v) is 3.44. The van der Waals surface area contributed by atoms with Gasteiger partial charge >= 0.3 is 0 Å². The van der Waals surface area contributed by atoms with E-state index >= 15 is 0 Å². The Morgan fingerprint density at radius 1 is 0.478 bits per heavy atom. The van der Waals surface area contributed by atoms with Crippen LogP contribution >= 0.6 is 17.0 Å². The van der Waals surface area contributed by atoms with Gasteiger partial charge in [-0.25, -0.2) is 0 Å². The van der Waals surface area contributed by atoms with E-state index < -0.39 is 0 Å². The molecule has 0 unspecified atom stereocenters. The second-order valence-corrected chi connectivity index (χ2v) is 7.50. The zero-order valence-corrected chi connectivity index (χ0v) is 18.2. The Bertz CT molecular complexity index is 206. The predicted octanol–water partition coefficient (Wildman–Crippen LogP) is 7.95. The summed E-state index contributed by atoms with van der Waals surface area (Å²) in [6.07, 6.45) is 22.9. The first kappa shape index (κ1) is 25.7. The summed E-state index contributed by atoms with van der Waals surface area (Å²) >= 11 is 0. The molecule has 0 heterocycles. The number of halogens is 1. The third-order valence-electron chi connectivity index (χ3n) is 5.08. The highest BCUT2D eigenvalue weighted by atomic mass is 79.9. The minimum atomic E-state index is 0. The number of rotatable bonds is 17. The Labute approximate surface area is 158 Å². The first-order valence-electron chi connectivity index (χ1n) is 10.5. The van der Waals surface area contributed by atoms with Crippen LogP contribution in [-0.4, -0.2) is 5.54 Å². The summed E-state index contributed by atoms with van der Waals surface area (Å²) in [5, 5.41) is 0. The Hall–Kier alpha value is 0.440. The van der Waals surface area contributed by atoms with Crippen molar-refractivity contribution in [2.45, 2.75) is 135 Å². The largest absolute Gasteiger partial charge is 0.325 e. The van der Waals surface area contributed by atoms with Gasteiger partial charge in [0.05, 0.1) is 0 Å². The number of hydrogen-bond donors (Lipinski definition) is 1. The molecule has 0 aliphatic carbocycles. The van der Waals surface area contributed by atoms with E-state index in [2.05, 4.69) is 20.8 Å². The molecule has 23 heavy (non-hydrogen) atoms. The molecule has 0 atom stereocenters. The lowest BCUT2D eigenvalue weighted by atomic mass is 9.83. The molecular weight excluding hydrogens is 346 g/mol. The van der Waals surface area contributed by atoms with Gasteiger partial charge in [0.2, 0.25) is 0 Å². The van der Waals surface area contributed by atoms with E-state index in [1.54, 1.807) is 0 Å². The summed E-state index contributed by atoms with van der Waals surface area (Å²) in [6, 6.07) is 0. The summed E-state index contributed by atoms with van der Waals surface area (Å²) in [5.74, 6) is 0. The molecule has 0 spiro atoms. The normalized spacial score (nSPS) is 11.5. The Morgan fingerprint density at radius 2 is 0.739 bits per heavy atom. The van der Waals surface area contributed by atoms with Gasteiger partial charge in [0, 0.05) is 5.54 Å². The van der Waals surface area contributed by atoms with Crippen LogP contribution in [0.3, 0.4) is 0 Å². The van der Waals surface area contributed by atoms with Gasteiger partial charge in [0.15, 0.2) is 0 Å². The lowest BCUT2D eigenvalue weighted by molar-refractivity contribution is 0.303. The smallest absolute Gasteiger partial charge is 0.0154 e. The SMILES string of the molecule is Br.CCCCCCCCC(N)(CCCCCC)CCCCCC. The van der Waals surface area contributed by atoms with Crippen molar-refractivity contribution in [1.82, 2.24) is 0 Å². The molecule has 142 valence electrons. The summed E-state index contributed by atoms with van der Waals surface area (Å²) in [4.78, 5) is 0. The van der Waals surface area contributed by atoms with Crippen molar-refractivity contribution in [3.05, 3.63) is 0 Å². The molecule has 0 aliphatic heterocycles. The molecule has 0 bridgehead atoms. The van der Waals surface area contributed by atoms with Crippen molar-refractivity contribution in [3.63, 3.8) is 0 Å². The summed E-state index contributed by atoms with van der Waals surface area (Å²) in [5.41, 5.74) is 6.95. The molecule has 0 radical (unpaired) electrons. The minimum Gasteiger partial charge on any atom is -0.325 e. The van der Waals surface area contributed by atoms with Gasteiger partial charge in [-0.1, -0.05) is 111 Å². The van der Waals surface area contributed by atoms with E-state index in [1.165, 1.54) is 109 Å². The van der Waals surface area contributed by atoms with Crippen LogP contribution in [0.1, 0.15) is 130 Å². The van der Waals surface area contributed by atoms with E-state index in [1.807, 2.05) is 0 Å². The Morgan fingerprint density at radius 3 is 1.09 bits per heavy atom. The lowest BCUT2D eigenvalue weighted by Crippen LogP contribution is -2.39. The van der Waals surface area contributed by atoms with E-state index in [0.717, 1.165) is 0 Å². The maximum Gasteiger partial charge on any atom is 0.0154 e. The average molecular weight is 393 g/mol. The highest BCUT2D eigenvalue weighted by Crippen LogP contribution is 2.26. The second-order valence-electron chi connectivity index (χ2n) is 7.50. The molecule has 0 rings (SSSR count). The van der Waals surface area contributed by atoms with Crippen LogP contribution in [0.4, 0.5) is 0 Å². The molecule has 0 aromatic heterocycles. The van der Waals surface area contributed by atoms with Gasteiger partial charge in [-0.05, 0) is 19.3 Å². The van der Waals surface area contributed by atoms with Gasteiger partial charge in [-0.3, -0.25) is 0 Å². The molecule has 0 aromatic carbocycles. The molecule has 0 saturated carbocycles. The molecule has 2 heteroatoms. The molecule has 1 nitrogen and oxygen atoms in total. The number of hydrogen-bond acceptors (Lipinski definition) is 1. The lowest BCUT2D eigenvalue weighted by Gasteiger charge is -2.30. The van der Waals surface area contributed by atoms with Crippen molar-refractivity contribution < 1.29 is 0 Å². The van der Waals surface area contributed by atoms with Crippen molar-refractivity contribution in [1.29, 1.82) is 0 Å². The second kappa shape index (κ2) is 18.8. The standard InChI is InChI=1S/C21H45N.BrH/c1-4-7-10-13-14-17-20-21(22,18-15-11-8-5-2)19-16-12-9-6-3;/h4-20,22H2,1-3H3;1H. The summed E-state index contributed by atoms with van der Waals surface area (Å²) in [6.45, 7) is 6.87. The highest BCUT2D eigenvalue weighted by molar-refractivity contribution is 8.93. The van der Waals surface area contributed by atoms with Crippen molar-refractivity contribution in [2.24, 2.45) is 5.73 Å². The molecule has 0 fully saturated rings. The maximum atomic E-state index is 6.80. The van der Waals surface area contributed by atoms with Crippen LogP contribution < -0.4 is 5.73 Å². The van der Waals surface area contributed by atoms with Crippen molar-refractivity contribution >= 4 is 17.0 Å². The molecular formula is C21H46BrN. The van der Waals surface area contributed by atoms with Crippen LogP contribution in [0.5, 0.6) is 0 Å². The first-order chi connectivity index (χ1) is 10.7. The zero-order chi connectivity index (χ0) is 16.5. The Balaban J connectivity index is 0. The third-order valence-corrected chi connectivity index (χ3v) is 5.08. The number of nitrogens with two attached hydrogens (primary N) is 1. The van der Waals surface area contributed by atoms with Gasteiger partial charge in [0.1, 0.15) is 0 Å². The molecule has 0 aliphatic rings. The van der Waals surface area contributed by atoms with Gasteiger partial charge in [-0.15, -0.1) is 17.0 Å². The van der Waals surface area contributed by atoms with Crippen LogP contribution in [-0.2, 0) is 0 Å². The summed E-state index contributed by atoms with van der Waals surface area (Å²) in [7, 11) is 0. The van der Waals surface area contributed by atoms with Crippen LogP contribution in [0, 0.1) is 0 Å². The van der Waals surface area contributed by atoms with Gasteiger partial charge in [0.25, 0.3) is 0 Å². The minimum absolute atomic E-state index is 0. The molecule has 0 saturated heterocycles. The van der Waals surface area contributed by atoms with Crippen LogP contribution in [0.15, 0.2) is 0 Å². The van der Waals surface area contributed by atoms with Gasteiger partial charge in [-0.2, -0.15) is 0 Å². The van der Waals surface area contributed by atoms with Crippen molar-refractivity contribution in [2.75, 3.05) is 0 Å². The van der Waals surface area contributed by atoms with E-state index in [9.17, 15) is 0 Å². The predicted molar refractivity (Wildman–Crippen MR) is 113 cm³/mol.